The molecule has 1 aliphatic rings. The van der Waals surface area contributed by atoms with Gasteiger partial charge in [0.2, 0.25) is 0 Å². The molecule has 0 saturated heterocycles. The Morgan fingerprint density at radius 3 is 2.65 bits per heavy atom. The fourth-order valence-corrected chi connectivity index (χ4v) is 3.89. The second kappa shape index (κ2) is 8.30. The molecule has 0 aliphatic heterocycles. The number of fused-ring (bicyclic) bond motifs is 1. The third kappa shape index (κ3) is 4.32. The lowest BCUT2D eigenvalue weighted by molar-refractivity contribution is -0.140. The van der Waals surface area contributed by atoms with Crippen molar-refractivity contribution in [3.05, 3.63) is 63.1 Å². The molecule has 2 aromatic carbocycles. The van der Waals surface area contributed by atoms with Gasteiger partial charge >= 0.3 is 5.97 Å². The van der Waals surface area contributed by atoms with Crippen LogP contribution in [0.25, 0.3) is 0 Å². The predicted octanol–water partition coefficient (Wildman–Crippen LogP) is 5.61. The SMILES string of the molecule is CCO[C@@H](CC(=O)O)c1ccc(OC2CCc3c(Cl)cc(Cl)cc32)cc1. The summed E-state index contributed by atoms with van der Waals surface area (Å²) in [6.45, 7) is 2.30. The lowest BCUT2D eigenvalue weighted by atomic mass is 10.1. The average molecular weight is 395 g/mol. The molecule has 1 N–H and O–H groups in total. The second-order valence-electron chi connectivity index (χ2n) is 6.21. The number of halogens is 2. The van der Waals surface area contributed by atoms with E-state index in [4.69, 9.17) is 37.8 Å². The maximum Gasteiger partial charge on any atom is 0.306 e. The highest BCUT2D eigenvalue weighted by Gasteiger charge is 2.27. The van der Waals surface area contributed by atoms with Crippen LogP contribution in [0.15, 0.2) is 36.4 Å². The molecular weight excluding hydrogens is 375 g/mol. The van der Waals surface area contributed by atoms with E-state index in [1.165, 1.54) is 0 Å². The van der Waals surface area contributed by atoms with Crippen molar-refractivity contribution in [1.29, 1.82) is 0 Å². The van der Waals surface area contributed by atoms with Gasteiger partial charge in [-0.2, -0.15) is 0 Å². The highest BCUT2D eigenvalue weighted by molar-refractivity contribution is 6.35. The van der Waals surface area contributed by atoms with E-state index in [-0.39, 0.29) is 12.5 Å². The molecular formula is C20H20Cl2O4. The molecule has 0 radical (unpaired) electrons. The van der Waals surface area contributed by atoms with Gasteiger partial charge in [0.15, 0.2) is 0 Å². The first-order valence-electron chi connectivity index (χ1n) is 8.55. The van der Waals surface area contributed by atoms with Crippen molar-refractivity contribution in [3.8, 4) is 5.75 Å². The standard InChI is InChI=1S/C20H20Cl2O4/c1-2-25-19(11-20(23)24)12-3-5-14(6-4-12)26-18-8-7-15-16(18)9-13(21)10-17(15)22/h3-6,9-10,18-19H,2,7-8,11H2,1H3,(H,23,24)/t18?,19-/m0/s1. The summed E-state index contributed by atoms with van der Waals surface area (Å²) in [5.74, 6) is -0.173. The normalized spacial score (nSPS) is 17.0. The number of aliphatic carboxylic acids is 1. The molecule has 0 amide bonds. The number of carbonyl (C=O) groups is 1. The van der Waals surface area contributed by atoms with Gasteiger partial charge in [-0.1, -0.05) is 35.3 Å². The minimum atomic E-state index is -0.889. The molecule has 0 heterocycles. The van der Waals surface area contributed by atoms with Crippen LogP contribution in [0.1, 0.15) is 48.7 Å². The van der Waals surface area contributed by atoms with Gasteiger partial charge in [-0.25, -0.2) is 0 Å². The van der Waals surface area contributed by atoms with Crippen LogP contribution in [0.4, 0.5) is 0 Å². The van der Waals surface area contributed by atoms with Gasteiger partial charge < -0.3 is 14.6 Å². The Kier molecular flexibility index (Phi) is 6.07. The van der Waals surface area contributed by atoms with Crippen LogP contribution in [0.5, 0.6) is 5.75 Å². The monoisotopic (exact) mass is 394 g/mol. The van der Waals surface area contributed by atoms with E-state index < -0.39 is 12.1 Å². The molecule has 0 spiro atoms. The van der Waals surface area contributed by atoms with Gasteiger partial charge in [0.1, 0.15) is 11.9 Å². The highest BCUT2D eigenvalue weighted by atomic mass is 35.5. The lowest BCUT2D eigenvalue weighted by Crippen LogP contribution is -2.10. The summed E-state index contributed by atoms with van der Waals surface area (Å²) in [5.41, 5.74) is 2.94. The summed E-state index contributed by atoms with van der Waals surface area (Å²) in [5, 5.41) is 10.3. The van der Waals surface area contributed by atoms with E-state index in [0.29, 0.717) is 22.4 Å². The second-order valence-corrected chi connectivity index (χ2v) is 7.06. The number of rotatable bonds is 7. The van der Waals surface area contributed by atoms with Gasteiger partial charge in [-0.15, -0.1) is 0 Å². The molecule has 0 saturated carbocycles. The van der Waals surface area contributed by atoms with E-state index >= 15 is 0 Å². The molecule has 2 atom stereocenters. The van der Waals surface area contributed by atoms with Crippen molar-refractivity contribution in [1.82, 2.24) is 0 Å². The minimum absolute atomic E-state index is 0.0684. The maximum absolute atomic E-state index is 11.0. The van der Waals surface area contributed by atoms with Crippen molar-refractivity contribution in [3.63, 3.8) is 0 Å². The summed E-state index contributed by atoms with van der Waals surface area (Å²) >= 11 is 12.4. The van der Waals surface area contributed by atoms with Crippen LogP contribution in [-0.4, -0.2) is 17.7 Å². The zero-order chi connectivity index (χ0) is 18.7. The summed E-state index contributed by atoms with van der Waals surface area (Å²) in [6, 6.07) is 11.0. The van der Waals surface area contributed by atoms with E-state index in [1.54, 1.807) is 6.07 Å². The Hall–Kier alpha value is -1.75. The van der Waals surface area contributed by atoms with Crippen molar-refractivity contribution >= 4 is 29.2 Å². The lowest BCUT2D eigenvalue weighted by Gasteiger charge is -2.18. The molecule has 26 heavy (non-hydrogen) atoms. The zero-order valence-electron chi connectivity index (χ0n) is 14.4. The largest absolute Gasteiger partial charge is 0.486 e. The summed E-state index contributed by atoms with van der Waals surface area (Å²) < 4.78 is 11.6. The first-order chi connectivity index (χ1) is 12.5. The van der Waals surface area contributed by atoms with Crippen molar-refractivity contribution < 1.29 is 19.4 Å². The third-order valence-electron chi connectivity index (χ3n) is 4.46. The highest BCUT2D eigenvalue weighted by Crippen LogP contribution is 2.40. The van der Waals surface area contributed by atoms with Crippen molar-refractivity contribution in [2.24, 2.45) is 0 Å². The summed E-state index contributed by atoms with van der Waals surface area (Å²) in [6.07, 6.45) is 1.09. The van der Waals surface area contributed by atoms with Gasteiger partial charge in [0, 0.05) is 16.7 Å². The topological polar surface area (TPSA) is 55.8 Å². The molecule has 2 aromatic rings. The van der Waals surface area contributed by atoms with Crippen LogP contribution in [0.2, 0.25) is 10.0 Å². The molecule has 0 aromatic heterocycles. The molecule has 3 rings (SSSR count). The number of hydrogen-bond donors (Lipinski definition) is 1. The molecule has 6 heteroatoms. The van der Waals surface area contributed by atoms with Crippen LogP contribution in [0.3, 0.4) is 0 Å². The van der Waals surface area contributed by atoms with Crippen LogP contribution in [-0.2, 0) is 16.0 Å². The zero-order valence-corrected chi connectivity index (χ0v) is 15.9. The average Bonchev–Trinajstić information content (AvgIpc) is 2.98. The van der Waals surface area contributed by atoms with Crippen LogP contribution >= 0.6 is 23.2 Å². The minimum Gasteiger partial charge on any atom is -0.486 e. The molecule has 4 nitrogen and oxygen atoms in total. The van der Waals surface area contributed by atoms with E-state index in [2.05, 4.69) is 0 Å². The van der Waals surface area contributed by atoms with Crippen molar-refractivity contribution in [2.75, 3.05) is 6.61 Å². The molecule has 1 aliphatic carbocycles. The van der Waals surface area contributed by atoms with E-state index in [0.717, 1.165) is 29.5 Å². The van der Waals surface area contributed by atoms with Crippen molar-refractivity contribution in [2.45, 2.75) is 38.4 Å². The molecule has 0 bridgehead atoms. The summed E-state index contributed by atoms with van der Waals surface area (Å²) in [7, 11) is 0. The molecule has 138 valence electrons. The number of benzene rings is 2. The molecule has 0 fully saturated rings. The Labute approximate surface area is 162 Å². The smallest absolute Gasteiger partial charge is 0.306 e. The summed E-state index contributed by atoms with van der Waals surface area (Å²) in [4.78, 5) is 11.0. The fraction of sp³-hybridized carbons (Fsp3) is 0.350. The Morgan fingerprint density at radius 1 is 1.27 bits per heavy atom. The Bertz CT molecular complexity index is 789. The van der Waals surface area contributed by atoms with Crippen LogP contribution < -0.4 is 4.74 Å². The quantitative estimate of drug-likeness (QED) is 0.662. The third-order valence-corrected chi connectivity index (χ3v) is 5.01. The van der Waals surface area contributed by atoms with E-state index in [9.17, 15) is 4.79 Å². The molecule has 1 unspecified atom stereocenters. The van der Waals surface area contributed by atoms with Gasteiger partial charge in [-0.05, 0) is 60.7 Å². The first kappa shape index (κ1) is 19.0. The van der Waals surface area contributed by atoms with Gasteiger partial charge in [0.25, 0.3) is 0 Å². The Balaban J connectivity index is 1.74. The number of carboxylic acid groups (broad SMARTS) is 1. The number of carboxylic acids is 1. The maximum atomic E-state index is 11.0. The van der Waals surface area contributed by atoms with Gasteiger partial charge in [-0.3, -0.25) is 4.79 Å². The number of hydrogen-bond acceptors (Lipinski definition) is 3. The first-order valence-corrected chi connectivity index (χ1v) is 9.31. The number of ether oxygens (including phenoxy) is 2. The van der Waals surface area contributed by atoms with Crippen LogP contribution in [0, 0.1) is 0 Å². The fourth-order valence-electron chi connectivity index (χ4n) is 3.29. The Morgan fingerprint density at radius 2 is 2.00 bits per heavy atom. The van der Waals surface area contributed by atoms with E-state index in [1.807, 2.05) is 37.3 Å². The van der Waals surface area contributed by atoms with Gasteiger partial charge in [0.05, 0.1) is 12.5 Å². The predicted molar refractivity (Wildman–Crippen MR) is 101 cm³/mol.